The van der Waals surface area contributed by atoms with Gasteiger partial charge >= 0.3 is 0 Å². The van der Waals surface area contributed by atoms with E-state index < -0.39 is 24.3 Å². The maximum absolute atomic E-state index is 12.9. The molecule has 0 saturated carbocycles. The zero-order valence-corrected chi connectivity index (χ0v) is 7.52. The van der Waals surface area contributed by atoms with Gasteiger partial charge in [0.15, 0.2) is 11.6 Å². The fourth-order valence-electron chi connectivity index (χ4n) is 0.905. The zero-order valence-electron chi connectivity index (χ0n) is 6.71. The van der Waals surface area contributed by atoms with E-state index in [1.807, 2.05) is 0 Å². The van der Waals surface area contributed by atoms with Crippen LogP contribution in [0.4, 0.5) is 8.78 Å². The van der Waals surface area contributed by atoms with Crippen molar-refractivity contribution in [2.24, 2.45) is 5.73 Å². The topological polar surface area (TPSA) is 46.2 Å². The molecule has 0 aliphatic rings. The van der Waals surface area contributed by atoms with Gasteiger partial charge in [0.05, 0.1) is 12.6 Å². The first-order chi connectivity index (χ1) is 5.66. The number of benzene rings is 1. The lowest BCUT2D eigenvalue weighted by atomic mass is 10.1. The third kappa shape index (κ3) is 2.62. The maximum Gasteiger partial charge on any atom is 0.163 e. The number of rotatable bonds is 2. The number of hydrogen-bond acceptors (Lipinski definition) is 2. The van der Waals surface area contributed by atoms with Gasteiger partial charge in [-0.3, -0.25) is 0 Å². The van der Waals surface area contributed by atoms with Crippen molar-refractivity contribution in [2.45, 2.75) is 6.04 Å². The van der Waals surface area contributed by atoms with Crippen molar-refractivity contribution in [3.05, 3.63) is 35.4 Å². The lowest BCUT2D eigenvalue weighted by Gasteiger charge is -2.09. The van der Waals surface area contributed by atoms with Crippen LogP contribution in [0.15, 0.2) is 18.2 Å². The lowest BCUT2D eigenvalue weighted by molar-refractivity contribution is 0.264. The van der Waals surface area contributed by atoms with Crippen molar-refractivity contribution in [3.63, 3.8) is 0 Å². The van der Waals surface area contributed by atoms with Crippen LogP contribution in [0.1, 0.15) is 11.6 Å². The molecule has 2 nitrogen and oxygen atoms in total. The molecule has 0 radical (unpaired) electrons. The zero-order chi connectivity index (χ0) is 9.14. The van der Waals surface area contributed by atoms with E-state index in [-0.39, 0.29) is 18.0 Å². The Balaban J connectivity index is 0.00000144. The monoisotopic (exact) mass is 209 g/mol. The summed E-state index contributed by atoms with van der Waals surface area (Å²) in [6, 6.07) is 2.84. The summed E-state index contributed by atoms with van der Waals surface area (Å²) >= 11 is 0. The minimum atomic E-state index is -0.987. The molecule has 1 aromatic rings. The van der Waals surface area contributed by atoms with E-state index in [9.17, 15) is 8.78 Å². The van der Waals surface area contributed by atoms with E-state index in [0.29, 0.717) is 0 Å². The highest BCUT2D eigenvalue weighted by Gasteiger charge is 2.12. The van der Waals surface area contributed by atoms with Crippen molar-refractivity contribution < 1.29 is 13.9 Å². The molecular formula is C8H10ClF2NO. The van der Waals surface area contributed by atoms with Gasteiger partial charge in [0.1, 0.15) is 0 Å². The predicted octanol–water partition coefficient (Wildman–Crippen LogP) is 1.38. The molecule has 1 aromatic carbocycles. The molecule has 0 saturated heterocycles. The number of aliphatic hydroxyl groups excluding tert-OH is 1. The average Bonchev–Trinajstić information content (AvgIpc) is 2.08. The maximum atomic E-state index is 12.9. The van der Waals surface area contributed by atoms with E-state index in [0.717, 1.165) is 6.07 Å². The highest BCUT2D eigenvalue weighted by atomic mass is 35.5. The molecule has 0 heterocycles. The molecule has 74 valence electrons. The molecule has 5 heteroatoms. The van der Waals surface area contributed by atoms with Crippen LogP contribution in [0, 0.1) is 11.6 Å². The van der Waals surface area contributed by atoms with Crippen LogP contribution in [0.5, 0.6) is 0 Å². The summed E-state index contributed by atoms with van der Waals surface area (Å²) in [7, 11) is 0. The van der Waals surface area contributed by atoms with Crippen LogP contribution in [0.25, 0.3) is 0 Å². The molecular weight excluding hydrogens is 200 g/mol. The highest BCUT2D eigenvalue weighted by Crippen LogP contribution is 2.16. The Morgan fingerprint density at radius 1 is 1.38 bits per heavy atom. The molecule has 1 atom stereocenters. The summed E-state index contributed by atoms with van der Waals surface area (Å²) in [5.41, 5.74) is 5.30. The fraction of sp³-hybridized carbons (Fsp3) is 0.250. The van der Waals surface area contributed by atoms with E-state index in [4.69, 9.17) is 10.8 Å². The summed E-state index contributed by atoms with van der Waals surface area (Å²) in [5.74, 6) is -1.93. The van der Waals surface area contributed by atoms with Crippen LogP contribution in [-0.2, 0) is 0 Å². The van der Waals surface area contributed by atoms with Gasteiger partial charge in [0.25, 0.3) is 0 Å². The molecule has 1 rings (SSSR count). The number of nitrogens with two attached hydrogens (primary N) is 1. The average molecular weight is 210 g/mol. The number of hydrogen-bond donors (Lipinski definition) is 2. The third-order valence-corrected chi connectivity index (χ3v) is 1.58. The minimum Gasteiger partial charge on any atom is -0.394 e. The van der Waals surface area contributed by atoms with Crippen LogP contribution < -0.4 is 5.73 Å². The Labute approximate surface area is 80.8 Å². The van der Waals surface area contributed by atoms with Gasteiger partial charge in [-0.1, -0.05) is 12.1 Å². The highest BCUT2D eigenvalue weighted by molar-refractivity contribution is 5.85. The van der Waals surface area contributed by atoms with Crippen LogP contribution in [0.3, 0.4) is 0 Å². The largest absolute Gasteiger partial charge is 0.394 e. The molecule has 13 heavy (non-hydrogen) atoms. The van der Waals surface area contributed by atoms with Crippen LogP contribution >= 0.6 is 12.4 Å². The van der Waals surface area contributed by atoms with Crippen molar-refractivity contribution in [1.82, 2.24) is 0 Å². The molecule has 0 aromatic heterocycles. The SMILES string of the molecule is Cl.N[C@H](CO)c1cccc(F)c1F. The fourth-order valence-corrected chi connectivity index (χ4v) is 0.905. The van der Waals surface area contributed by atoms with Gasteiger partial charge in [-0.15, -0.1) is 12.4 Å². The van der Waals surface area contributed by atoms with Crippen molar-refractivity contribution in [1.29, 1.82) is 0 Å². The van der Waals surface area contributed by atoms with Crippen LogP contribution in [-0.4, -0.2) is 11.7 Å². The van der Waals surface area contributed by atoms with Crippen molar-refractivity contribution >= 4 is 12.4 Å². The second kappa shape index (κ2) is 5.11. The summed E-state index contributed by atoms with van der Waals surface area (Å²) in [5, 5.41) is 8.59. The van der Waals surface area contributed by atoms with E-state index in [1.54, 1.807) is 0 Å². The summed E-state index contributed by atoms with van der Waals surface area (Å²) < 4.78 is 25.4. The standard InChI is InChI=1S/C8H9F2NO.ClH/c9-6-3-1-2-5(8(6)10)7(11)4-12;/h1-3,7,12H,4,11H2;1H/t7-;/m1./s1. The normalized spacial score (nSPS) is 12.0. The lowest BCUT2D eigenvalue weighted by Crippen LogP contribution is -2.16. The number of halogens is 3. The Morgan fingerprint density at radius 2 is 2.00 bits per heavy atom. The minimum absolute atomic E-state index is 0. The Hall–Kier alpha value is -0.710. The Kier molecular flexibility index (Phi) is 4.83. The van der Waals surface area contributed by atoms with Gasteiger partial charge in [-0.2, -0.15) is 0 Å². The first kappa shape index (κ1) is 12.3. The van der Waals surface area contributed by atoms with E-state index >= 15 is 0 Å². The summed E-state index contributed by atoms with van der Waals surface area (Å²) in [6.07, 6.45) is 0. The smallest absolute Gasteiger partial charge is 0.163 e. The van der Waals surface area contributed by atoms with Crippen molar-refractivity contribution in [2.75, 3.05) is 6.61 Å². The molecule has 0 unspecified atom stereocenters. The quantitative estimate of drug-likeness (QED) is 0.773. The summed E-state index contributed by atoms with van der Waals surface area (Å²) in [6.45, 7) is -0.402. The molecule has 0 aliphatic heterocycles. The molecule has 0 amide bonds. The third-order valence-electron chi connectivity index (χ3n) is 1.58. The molecule has 0 bridgehead atoms. The molecule has 0 spiro atoms. The van der Waals surface area contributed by atoms with Crippen molar-refractivity contribution in [3.8, 4) is 0 Å². The van der Waals surface area contributed by atoms with Gasteiger partial charge in [0, 0.05) is 5.56 Å². The summed E-state index contributed by atoms with van der Waals surface area (Å²) in [4.78, 5) is 0. The molecule has 0 fully saturated rings. The van der Waals surface area contributed by atoms with Gasteiger partial charge in [0.2, 0.25) is 0 Å². The Morgan fingerprint density at radius 3 is 2.54 bits per heavy atom. The van der Waals surface area contributed by atoms with Gasteiger partial charge in [-0.05, 0) is 6.07 Å². The molecule has 3 N–H and O–H groups in total. The second-order valence-electron chi connectivity index (χ2n) is 2.43. The van der Waals surface area contributed by atoms with Crippen LogP contribution in [0.2, 0.25) is 0 Å². The number of aliphatic hydroxyl groups is 1. The molecule has 0 aliphatic carbocycles. The first-order valence-corrected chi connectivity index (χ1v) is 3.47. The van der Waals surface area contributed by atoms with E-state index in [2.05, 4.69) is 0 Å². The van der Waals surface area contributed by atoms with E-state index in [1.165, 1.54) is 12.1 Å². The van der Waals surface area contributed by atoms with Gasteiger partial charge < -0.3 is 10.8 Å². The van der Waals surface area contributed by atoms with Gasteiger partial charge in [-0.25, -0.2) is 8.78 Å². The second-order valence-corrected chi connectivity index (χ2v) is 2.43. The Bertz CT molecular complexity index is 283. The first-order valence-electron chi connectivity index (χ1n) is 3.47. The predicted molar refractivity (Wildman–Crippen MR) is 47.6 cm³/mol.